The van der Waals surface area contributed by atoms with E-state index in [1.807, 2.05) is 30.3 Å². The summed E-state index contributed by atoms with van der Waals surface area (Å²) in [6, 6.07) is 9.60. The molecule has 1 aromatic carbocycles. The summed E-state index contributed by atoms with van der Waals surface area (Å²) in [7, 11) is 0. The molecule has 0 saturated heterocycles. The number of aromatic nitrogens is 4. The molecule has 6 heteroatoms. The number of rotatable bonds is 3. The Labute approximate surface area is 120 Å². The van der Waals surface area contributed by atoms with Crippen molar-refractivity contribution in [1.82, 2.24) is 19.7 Å². The number of para-hydroxylation sites is 1. The van der Waals surface area contributed by atoms with Gasteiger partial charge in [0.25, 0.3) is 5.56 Å². The van der Waals surface area contributed by atoms with E-state index in [4.69, 9.17) is 0 Å². The van der Waals surface area contributed by atoms with Crippen molar-refractivity contribution in [3.05, 3.63) is 58.6 Å². The average Bonchev–Trinajstić information content (AvgIpc) is 2.97. The van der Waals surface area contributed by atoms with E-state index in [1.54, 1.807) is 24.0 Å². The van der Waals surface area contributed by atoms with Crippen molar-refractivity contribution in [1.29, 1.82) is 0 Å². The minimum absolute atomic E-state index is 0.233. The van der Waals surface area contributed by atoms with Crippen LogP contribution >= 0.6 is 0 Å². The topological polar surface area (TPSA) is 83.8 Å². The van der Waals surface area contributed by atoms with Gasteiger partial charge in [-0.25, -0.2) is 4.68 Å². The number of nitrogens with zero attached hydrogens (tertiary/aromatic N) is 3. The molecule has 0 radical (unpaired) electrons. The minimum Gasteiger partial charge on any atom is -0.493 e. The standard InChI is InChI=1S/C15H14N4O2/c1-2-12-14(20)17-13(18-15(12)21)10-8-16-19(9-10)11-6-4-3-5-7-11/h3-9H,2H2,1H3,(H2,17,18,20,21). The molecule has 0 atom stereocenters. The van der Waals surface area contributed by atoms with Crippen LogP contribution in [0.1, 0.15) is 12.5 Å². The zero-order valence-corrected chi connectivity index (χ0v) is 11.4. The Kier molecular flexibility index (Phi) is 3.27. The Balaban J connectivity index is 2.03. The van der Waals surface area contributed by atoms with Gasteiger partial charge in [0.05, 0.1) is 23.0 Å². The smallest absolute Gasteiger partial charge is 0.258 e. The van der Waals surface area contributed by atoms with E-state index in [9.17, 15) is 9.90 Å². The number of aromatic hydroxyl groups is 1. The van der Waals surface area contributed by atoms with Gasteiger partial charge in [0.15, 0.2) is 0 Å². The highest BCUT2D eigenvalue weighted by Gasteiger charge is 2.11. The van der Waals surface area contributed by atoms with Gasteiger partial charge in [-0.2, -0.15) is 10.1 Å². The molecule has 0 unspecified atom stereocenters. The molecule has 2 heterocycles. The number of hydrogen-bond donors (Lipinski definition) is 2. The van der Waals surface area contributed by atoms with E-state index in [-0.39, 0.29) is 17.0 Å². The zero-order chi connectivity index (χ0) is 14.8. The summed E-state index contributed by atoms with van der Waals surface area (Å²) in [4.78, 5) is 18.6. The van der Waals surface area contributed by atoms with Gasteiger partial charge in [0.1, 0.15) is 5.82 Å². The van der Waals surface area contributed by atoms with Crippen molar-refractivity contribution in [3.8, 4) is 23.0 Å². The number of benzene rings is 1. The van der Waals surface area contributed by atoms with Gasteiger partial charge in [0, 0.05) is 6.20 Å². The first-order chi connectivity index (χ1) is 10.2. The van der Waals surface area contributed by atoms with Gasteiger partial charge < -0.3 is 10.1 Å². The molecular formula is C15H14N4O2. The van der Waals surface area contributed by atoms with Crippen LogP contribution in [0, 0.1) is 0 Å². The van der Waals surface area contributed by atoms with E-state index in [2.05, 4.69) is 15.1 Å². The molecule has 0 saturated carbocycles. The molecule has 0 amide bonds. The predicted octanol–water partition coefficient (Wildman–Crippen LogP) is 1.89. The molecule has 0 bridgehead atoms. The van der Waals surface area contributed by atoms with Crippen LogP contribution < -0.4 is 5.56 Å². The Hall–Kier alpha value is -2.89. The van der Waals surface area contributed by atoms with Gasteiger partial charge >= 0.3 is 0 Å². The molecule has 3 aromatic rings. The third kappa shape index (κ3) is 2.43. The third-order valence-corrected chi connectivity index (χ3v) is 3.22. The van der Waals surface area contributed by atoms with E-state index < -0.39 is 0 Å². The summed E-state index contributed by atoms with van der Waals surface area (Å²) < 4.78 is 1.68. The van der Waals surface area contributed by atoms with E-state index in [1.165, 1.54) is 0 Å². The summed E-state index contributed by atoms with van der Waals surface area (Å²) in [5, 5.41) is 14.0. The van der Waals surface area contributed by atoms with Crippen LogP contribution in [0.4, 0.5) is 0 Å². The van der Waals surface area contributed by atoms with Gasteiger partial charge in [-0.05, 0) is 18.6 Å². The summed E-state index contributed by atoms with van der Waals surface area (Å²) in [6.07, 6.45) is 3.77. The highest BCUT2D eigenvalue weighted by molar-refractivity contribution is 5.54. The highest BCUT2D eigenvalue weighted by atomic mass is 16.3. The fourth-order valence-corrected chi connectivity index (χ4v) is 2.11. The fraction of sp³-hybridized carbons (Fsp3) is 0.133. The molecule has 6 nitrogen and oxygen atoms in total. The SMILES string of the molecule is CCc1c(O)nc(-c2cnn(-c3ccccc3)c2)[nH]c1=O. The lowest BCUT2D eigenvalue weighted by molar-refractivity contribution is 0.444. The van der Waals surface area contributed by atoms with E-state index in [0.29, 0.717) is 17.8 Å². The van der Waals surface area contributed by atoms with Crippen molar-refractivity contribution in [2.24, 2.45) is 0 Å². The lowest BCUT2D eigenvalue weighted by Gasteiger charge is -2.02. The minimum atomic E-state index is -0.326. The first-order valence-electron chi connectivity index (χ1n) is 6.61. The monoisotopic (exact) mass is 282 g/mol. The normalized spacial score (nSPS) is 10.7. The zero-order valence-electron chi connectivity index (χ0n) is 11.4. The van der Waals surface area contributed by atoms with Crippen LogP contribution in [0.3, 0.4) is 0 Å². The van der Waals surface area contributed by atoms with E-state index >= 15 is 0 Å². The van der Waals surface area contributed by atoms with Crippen molar-refractivity contribution in [3.63, 3.8) is 0 Å². The summed E-state index contributed by atoms with van der Waals surface area (Å²) in [5.41, 5.74) is 1.50. The maximum atomic E-state index is 11.9. The molecule has 0 fully saturated rings. The lowest BCUT2D eigenvalue weighted by Crippen LogP contribution is -2.14. The van der Waals surface area contributed by atoms with Crippen LogP contribution in [-0.2, 0) is 6.42 Å². The number of H-pyrrole nitrogens is 1. The van der Waals surface area contributed by atoms with E-state index in [0.717, 1.165) is 5.69 Å². The molecule has 0 spiro atoms. The summed E-state index contributed by atoms with van der Waals surface area (Å²) in [6.45, 7) is 1.79. The second kappa shape index (κ2) is 5.24. The van der Waals surface area contributed by atoms with Gasteiger partial charge in [-0.3, -0.25) is 4.79 Å². The maximum absolute atomic E-state index is 11.9. The third-order valence-electron chi connectivity index (χ3n) is 3.22. The molecule has 0 aliphatic rings. The van der Waals surface area contributed by atoms with Crippen LogP contribution in [0.5, 0.6) is 5.88 Å². The molecule has 106 valence electrons. The average molecular weight is 282 g/mol. The van der Waals surface area contributed by atoms with Crippen molar-refractivity contribution >= 4 is 0 Å². The lowest BCUT2D eigenvalue weighted by atomic mass is 10.2. The molecule has 2 N–H and O–H groups in total. The van der Waals surface area contributed by atoms with Crippen LogP contribution in [0.2, 0.25) is 0 Å². The molecular weight excluding hydrogens is 268 g/mol. The first kappa shape index (κ1) is 13.1. The molecule has 0 aliphatic carbocycles. The Morgan fingerprint density at radius 1 is 1.29 bits per heavy atom. The summed E-state index contributed by atoms with van der Waals surface area (Å²) in [5.74, 6) is 0.0700. The van der Waals surface area contributed by atoms with Crippen molar-refractivity contribution < 1.29 is 5.11 Å². The van der Waals surface area contributed by atoms with Crippen LogP contribution in [0.15, 0.2) is 47.5 Å². The maximum Gasteiger partial charge on any atom is 0.258 e. The second-order valence-electron chi connectivity index (χ2n) is 4.58. The Morgan fingerprint density at radius 3 is 2.71 bits per heavy atom. The van der Waals surface area contributed by atoms with Crippen molar-refractivity contribution in [2.45, 2.75) is 13.3 Å². The van der Waals surface area contributed by atoms with Crippen LogP contribution in [0.25, 0.3) is 17.1 Å². The quantitative estimate of drug-likeness (QED) is 0.768. The van der Waals surface area contributed by atoms with Gasteiger partial charge in [0.2, 0.25) is 5.88 Å². The highest BCUT2D eigenvalue weighted by Crippen LogP contribution is 2.18. The van der Waals surface area contributed by atoms with Crippen LogP contribution in [-0.4, -0.2) is 24.9 Å². The molecule has 3 rings (SSSR count). The largest absolute Gasteiger partial charge is 0.493 e. The van der Waals surface area contributed by atoms with Gasteiger partial charge in [-0.15, -0.1) is 0 Å². The molecule has 0 aliphatic heterocycles. The number of hydrogen-bond acceptors (Lipinski definition) is 4. The number of nitrogens with one attached hydrogen (secondary N) is 1. The first-order valence-corrected chi connectivity index (χ1v) is 6.61. The van der Waals surface area contributed by atoms with Gasteiger partial charge in [-0.1, -0.05) is 25.1 Å². The summed E-state index contributed by atoms with van der Waals surface area (Å²) >= 11 is 0. The van der Waals surface area contributed by atoms with Crippen molar-refractivity contribution in [2.75, 3.05) is 0 Å². The predicted molar refractivity (Wildman–Crippen MR) is 78.5 cm³/mol. The Morgan fingerprint density at radius 2 is 2.05 bits per heavy atom. The molecule has 21 heavy (non-hydrogen) atoms. The number of aromatic amines is 1. The second-order valence-corrected chi connectivity index (χ2v) is 4.58. The fourth-order valence-electron chi connectivity index (χ4n) is 2.11. The molecule has 2 aromatic heterocycles. The Bertz CT molecular complexity index is 821.